The average molecular weight is 384 g/mol. The van der Waals surface area contributed by atoms with E-state index in [2.05, 4.69) is 15.2 Å². The number of benzene rings is 2. The molecule has 27 heavy (non-hydrogen) atoms. The number of thiazole rings is 1. The number of hydrogen-bond donors (Lipinski definition) is 1. The number of para-hydroxylation sites is 2. The summed E-state index contributed by atoms with van der Waals surface area (Å²) in [6.45, 7) is 4.71. The van der Waals surface area contributed by atoms with Gasteiger partial charge in [0.2, 0.25) is 5.91 Å². The number of amides is 1. The van der Waals surface area contributed by atoms with Gasteiger partial charge >= 0.3 is 0 Å². The van der Waals surface area contributed by atoms with Crippen molar-refractivity contribution in [3.63, 3.8) is 0 Å². The molecule has 1 saturated heterocycles. The van der Waals surface area contributed by atoms with Gasteiger partial charge in [-0.3, -0.25) is 9.69 Å². The van der Waals surface area contributed by atoms with Gasteiger partial charge in [0, 0.05) is 26.2 Å². The summed E-state index contributed by atoms with van der Waals surface area (Å²) in [5.41, 5.74) is 1.52. The van der Waals surface area contributed by atoms with E-state index in [0.29, 0.717) is 37.0 Å². The Morgan fingerprint density at radius 1 is 1.11 bits per heavy atom. The fraction of sp³-hybridized carbons (Fsp3) is 0.300. The van der Waals surface area contributed by atoms with E-state index >= 15 is 0 Å². The van der Waals surface area contributed by atoms with Crippen molar-refractivity contribution in [2.75, 3.05) is 36.4 Å². The number of fused-ring (bicyclic) bond motifs is 1. The predicted molar refractivity (Wildman–Crippen MR) is 108 cm³/mol. The van der Waals surface area contributed by atoms with Crippen LogP contribution in [0.2, 0.25) is 0 Å². The van der Waals surface area contributed by atoms with Crippen molar-refractivity contribution >= 4 is 38.3 Å². The Labute approximate surface area is 161 Å². The molecule has 140 valence electrons. The molecule has 1 aromatic heterocycles. The van der Waals surface area contributed by atoms with Gasteiger partial charge in [-0.05, 0) is 31.2 Å². The molecule has 5 nitrogen and oxygen atoms in total. The van der Waals surface area contributed by atoms with Gasteiger partial charge in [-0.1, -0.05) is 35.6 Å². The van der Waals surface area contributed by atoms with Crippen LogP contribution in [-0.2, 0) is 4.79 Å². The number of carbonyl (C=O) groups is 1. The molecule has 1 fully saturated rings. The summed E-state index contributed by atoms with van der Waals surface area (Å²) in [5, 5.41) is 3.56. The Hall–Kier alpha value is -2.51. The minimum absolute atomic E-state index is 0.0617. The monoisotopic (exact) mass is 384 g/mol. The summed E-state index contributed by atoms with van der Waals surface area (Å²) >= 11 is 1.48. The van der Waals surface area contributed by atoms with Gasteiger partial charge in [-0.2, -0.15) is 0 Å². The highest BCUT2D eigenvalue weighted by molar-refractivity contribution is 7.22. The molecular weight excluding hydrogens is 363 g/mol. The standard InChI is InChI=1S/C20H21FN4OS/c1-14(19(26)23-20-22-16-7-3-5-9-18(16)27-20)24-10-12-25(13-11-24)17-8-4-2-6-15(17)21/h2-9,14H,10-13H2,1H3,(H,22,23,26)/t14-/m0/s1. The van der Waals surface area contributed by atoms with Crippen molar-refractivity contribution in [1.29, 1.82) is 0 Å². The largest absolute Gasteiger partial charge is 0.367 e. The number of halogens is 1. The molecule has 3 aromatic rings. The molecule has 0 spiro atoms. The van der Waals surface area contributed by atoms with Crippen LogP contribution in [0.15, 0.2) is 48.5 Å². The van der Waals surface area contributed by atoms with Gasteiger partial charge in [-0.25, -0.2) is 9.37 Å². The van der Waals surface area contributed by atoms with E-state index in [1.54, 1.807) is 12.1 Å². The molecule has 0 unspecified atom stereocenters. The van der Waals surface area contributed by atoms with E-state index < -0.39 is 0 Å². The second-order valence-electron chi connectivity index (χ2n) is 6.63. The molecule has 2 heterocycles. The maximum absolute atomic E-state index is 14.0. The summed E-state index contributed by atoms with van der Waals surface area (Å²) in [4.78, 5) is 21.3. The molecule has 7 heteroatoms. The fourth-order valence-corrected chi connectivity index (χ4v) is 4.23. The molecule has 0 saturated carbocycles. The molecule has 1 N–H and O–H groups in total. The second kappa shape index (κ2) is 7.62. The number of anilines is 2. The lowest BCUT2D eigenvalue weighted by molar-refractivity contribution is -0.120. The lowest BCUT2D eigenvalue weighted by atomic mass is 10.2. The van der Waals surface area contributed by atoms with Gasteiger partial charge in [0.15, 0.2) is 5.13 Å². The molecule has 0 bridgehead atoms. The number of piperazine rings is 1. The Bertz CT molecular complexity index is 919. The number of rotatable bonds is 4. The van der Waals surface area contributed by atoms with Crippen molar-refractivity contribution in [1.82, 2.24) is 9.88 Å². The van der Waals surface area contributed by atoms with E-state index in [4.69, 9.17) is 0 Å². The summed E-state index contributed by atoms with van der Waals surface area (Å²) in [5.74, 6) is -0.263. The van der Waals surface area contributed by atoms with Crippen molar-refractivity contribution < 1.29 is 9.18 Å². The number of aromatic nitrogens is 1. The lowest BCUT2D eigenvalue weighted by Gasteiger charge is -2.38. The van der Waals surface area contributed by atoms with Crippen LogP contribution in [0, 0.1) is 5.82 Å². The highest BCUT2D eigenvalue weighted by Gasteiger charge is 2.27. The minimum atomic E-state index is -0.264. The molecule has 1 aliphatic heterocycles. The van der Waals surface area contributed by atoms with Crippen LogP contribution in [0.1, 0.15) is 6.92 Å². The van der Waals surface area contributed by atoms with Crippen LogP contribution in [-0.4, -0.2) is 48.0 Å². The van der Waals surface area contributed by atoms with Crippen LogP contribution in [0.3, 0.4) is 0 Å². The second-order valence-corrected chi connectivity index (χ2v) is 7.66. The van der Waals surface area contributed by atoms with E-state index in [-0.39, 0.29) is 17.8 Å². The quantitative estimate of drug-likeness (QED) is 0.747. The highest BCUT2D eigenvalue weighted by Crippen LogP contribution is 2.26. The first-order valence-electron chi connectivity index (χ1n) is 9.02. The summed E-state index contributed by atoms with van der Waals surface area (Å²) in [6, 6.07) is 14.4. The third kappa shape index (κ3) is 3.79. The number of carbonyl (C=O) groups excluding carboxylic acids is 1. The first-order chi connectivity index (χ1) is 13.1. The van der Waals surface area contributed by atoms with Crippen LogP contribution >= 0.6 is 11.3 Å². The molecular formula is C20H21FN4OS. The molecule has 2 aromatic carbocycles. The van der Waals surface area contributed by atoms with Crippen LogP contribution < -0.4 is 10.2 Å². The molecule has 1 aliphatic rings. The van der Waals surface area contributed by atoms with Crippen molar-refractivity contribution in [2.24, 2.45) is 0 Å². The number of nitrogens with one attached hydrogen (secondary N) is 1. The molecule has 4 rings (SSSR count). The Kier molecular flexibility index (Phi) is 5.05. The van der Waals surface area contributed by atoms with E-state index in [1.807, 2.05) is 42.2 Å². The minimum Gasteiger partial charge on any atom is -0.367 e. The zero-order chi connectivity index (χ0) is 18.8. The Morgan fingerprint density at radius 2 is 1.81 bits per heavy atom. The van der Waals surface area contributed by atoms with E-state index in [9.17, 15) is 9.18 Å². The van der Waals surface area contributed by atoms with Crippen molar-refractivity contribution in [3.8, 4) is 0 Å². The topological polar surface area (TPSA) is 48.5 Å². The van der Waals surface area contributed by atoms with Crippen LogP contribution in [0.5, 0.6) is 0 Å². The molecule has 1 amide bonds. The van der Waals surface area contributed by atoms with Gasteiger partial charge in [-0.15, -0.1) is 0 Å². The molecule has 0 radical (unpaired) electrons. The van der Waals surface area contributed by atoms with Crippen molar-refractivity contribution in [3.05, 3.63) is 54.3 Å². The summed E-state index contributed by atoms with van der Waals surface area (Å²) in [7, 11) is 0. The van der Waals surface area contributed by atoms with Crippen molar-refractivity contribution in [2.45, 2.75) is 13.0 Å². The first-order valence-corrected chi connectivity index (χ1v) is 9.83. The maximum Gasteiger partial charge on any atom is 0.243 e. The van der Waals surface area contributed by atoms with E-state index in [1.165, 1.54) is 17.4 Å². The third-order valence-electron chi connectivity index (χ3n) is 4.96. The average Bonchev–Trinajstić information content (AvgIpc) is 3.10. The fourth-order valence-electron chi connectivity index (χ4n) is 3.36. The zero-order valence-electron chi connectivity index (χ0n) is 15.1. The predicted octanol–water partition coefficient (Wildman–Crippen LogP) is 3.58. The normalized spacial score (nSPS) is 16.4. The third-order valence-corrected chi connectivity index (χ3v) is 5.91. The first kappa shape index (κ1) is 17.9. The number of nitrogens with zero attached hydrogens (tertiary/aromatic N) is 3. The van der Waals surface area contributed by atoms with Gasteiger partial charge in [0.1, 0.15) is 5.82 Å². The van der Waals surface area contributed by atoms with Crippen LogP contribution in [0.25, 0.3) is 10.2 Å². The smallest absolute Gasteiger partial charge is 0.243 e. The highest BCUT2D eigenvalue weighted by atomic mass is 32.1. The SMILES string of the molecule is C[C@@H](C(=O)Nc1nc2ccccc2s1)N1CCN(c2ccccc2F)CC1. The summed E-state index contributed by atoms with van der Waals surface area (Å²) in [6.07, 6.45) is 0. The maximum atomic E-state index is 14.0. The Morgan fingerprint density at radius 3 is 2.56 bits per heavy atom. The van der Waals surface area contributed by atoms with Crippen LogP contribution in [0.4, 0.5) is 15.2 Å². The lowest BCUT2D eigenvalue weighted by Crippen LogP contribution is -2.53. The Balaban J connectivity index is 1.36. The van der Waals surface area contributed by atoms with E-state index in [0.717, 1.165) is 10.2 Å². The van der Waals surface area contributed by atoms with Gasteiger partial charge in [0.05, 0.1) is 21.9 Å². The number of hydrogen-bond acceptors (Lipinski definition) is 5. The molecule has 1 atom stereocenters. The van der Waals surface area contributed by atoms with Gasteiger partial charge < -0.3 is 10.2 Å². The zero-order valence-corrected chi connectivity index (χ0v) is 15.9. The molecule has 0 aliphatic carbocycles. The van der Waals surface area contributed by atoms with Gasteiger partial charge in [0.25, 0.3) is 0 Å². The summed E-state index contributed by atoms with van der Waals surface area (Å²) < 4.78 is 15.0.